The van der Waals surface area contributed by atoms with E-state index in [0.717, 1.165) is 17.1 Å². The van der Waals surface area contributed by atoms with Crippen molar-refractivity contribution in [3.63, 3.8) is 0 Å². The Kier molecular flexibility index (Phi) is 3.28. The Hall–Kier alpha value is -2.89. The number of hydrogen-bond acceptors (Lipinski definition) is 5. The number of aromatic hydroxyl groups is 1. The zero-order chi connectivity index (χ0) is 13.8. The smallest absolute Gasteiger partial charge is 0.133 e. The van der Waals surface area contributed by atoms with Gasteiger partial charge in [0.25, 0.3) is 0 Å². The molecule has 0 spiro atoms. The summed E-state index contributed by atoms with van der Waals surface area (Å²) < 4.78 is 1.84. The largest absolute Gasteiger partial charge is 0.506 e. The third kappa shape index (κ3) is 2.74. The zero-order valence-electron chi connectivity index (χ0n) is 10.6. The van der Waals surface area contributed by atoms with Gasteiger partial charge in [-0.15, -0.1) is 10.2 Å². The SMILES string of the molecule is Oc1ccc(CNc2cccc(-n3cnnc3)c2)nc1. The number of hydrogen-bond donors (Lipinski definition) is 2. The molecule has 3 rings (SSSR count). The van der Waals surface area contributed by atoms with Crippen LogP contribution in [0.15, 0.2) is 55.2 Å². The maximum Gasteiger partial charge on any atom is 0.133 e. The fraction of sp³-hybridized carbons (Fsp3) is 0.0714. The second kappa shape index (κ2) is 5.40. The van der Waals surface area contributed by atoms with Gasteiger partial charge >= 0.3 is 0 Å². The first-order valence-electron chi connectivity index (χ1n) is 6.14. The summed E-state index contributed by atoms with van der Waals surface area (Å²) in [7, 11) is 0. The molecule has 0 fully saturated rings. The Morgan fingerprint density at radius 3 is 2.70 bits per heavy atom. The highest BCUT2D eigenvalue weighted by molar-refractivity contribution is 5.51. The highest BCUT2D eigenvalue weighted by Gasteiger charge is 1.99. The first-order chi connectivity index (χ1) is 9.81. The van der Waals surface area contributed by atoms with Crippen LogP contribution in [0.4, 0.5) is 5.69 Å². The van der Waals surface area contributed by atoms with Crippen molar-refractivity contribution in [2.45, 2.75) is 6.54 Å². The van der Waals surface area contributed by atoms with Crippen molar-refractivity contribution in [3.8, 4) is 11.4 Å². The minimum atomic E-state index is 0.170. The summed E-state index contributed by atoms with van der Waals surface area (Å²) in [6.45, 7) is 0.589. The van der Waals surface area contributed by atoms with Gasteiger partial charge in [-0.05, 0) is 30.3 Å². The van der Waals surface area contributed by atoms with Gasteiger partial charge in [0, 0.05) is 5.69 Å². The topological polar surface area (TPSA) is 75.9 Å². The van der Waals surface area contributed by atoms with Gasteiger partial charge in [-0.25, -0.2) is 0 Å². The van der Waals surface area contributed by atoms with E-state index in [1.54, 1.807) is 24.8 Å². The second-order valence-electron chi connectivity index (χ2n) is 4.28. The van der Waals surface area contributed by atoms with Crippen LogP contribution in [0.2, 0.25) is 0 Å². The van der Waals surface area contributed by atoms with Crippen LogP contribution in [0.3, 0.4) is 0 Å². The normalized spacial score (nSPS) is 10.4. The minimum absolute atomic E-state index is 0.170. The molecular weight excluding hydrogens is 254 g/mol. The average molecular weight is 267 g/mol. The van der Waals surface area contributed by atoms with Gasteiger partial charge in [-0.3, -0.25) is 9.55 Å². The molecule has 0 saturated carbocycles. The summed E-state index contributed by atoms with van der Waals surface area (Å²) in [6, 6.07) is 11.3. The van der Waals surface area contributed by atoms with Gasteiger partial charge in [0.2, 0.25) is 0 Å². The summed E-state index contributed by atoms with van der Waals surface area (Å²) in [5.74, 6) is 0.170. The summed E-state index contributed by atoms with van der Waals surface area (Å²) in [6.07, 6.45) is 4.74. The summed E-state index contributed by atoms with van der Waals surface area (Å²) in [5, 5.41) is 20.0. The van der Waals surface area contributed by atoms with Gasteiger partial charge in [0.05, 0.1) is 24.1 Å². The van der Waals surface area contributed by atoms with Crippen molar-refractivity contribution in [1.29, 1.82) is 0 Å². The van der Waals surface area contributed by atoms with E-state index < -0.39 is 0 Å². The molecule has 0 aliphatic carbocycles. The Morgan fingerprint density at radius 1 is 1.10 bits per heavy atom. The summed E-state index contributed by atoms with van der Waals surface area (Å²) in [5.41, 5.74) is 2.82. The van der Waals surface area contributed by atoms with Crippen LogP contribution in [0.25, 0.3) is 5.69 Å². The Bertz CT molecular complexity index is 679. The molecule has 0 amide bonds. The molecule has 6 nitrogen and oxygen atoms in total. The summed E-state index contributed by atoms with van der Waals surface area (Å²) in [4.78, 5) is 4.13. The summed E-state index contributed by atoms with van der Waals surface area (Å²) >= 11 is 0. The highest BCUT2D eigenvalue weighted by Crippen LogP contribution is 2.15. The molecule has 100 valence electrons. The average Bonchev–Trinajstić information content (AvgIpc) is 3.01. The van der Waals surface area contributed by atoms with Crippen molar-refractivity contribution in [3.05, 3.63) is 60.9 Å². The molecule has 2 N–H and O–H groups in total. The van der Waals surface area contributed by atoms with Crippen molar-refractivity contribution in [2.75, 3.05) is 5.32 Å². The number of aromatic nitrogens is 4. The maximum absolute atomic E-state index is 9.19. The number of nitrogens with one attached hydrogen (secondary N) is 1. The monoisotopic (exact) mass is 267 g/mol. The van der Waals surface area contributed by atoms with E-state index >= 15 is 0 Å². The molecular formula is C14H13N5O. The quantitative estimate of drug-likeness (QED) is 0.756. The first-order valence-corrected chi connectivity index (χ1v) is 6.14. The predicted octanol–water partition coefficient (Wildman–Crippen LogP) is 1.98. The van der Waals surface area contributed by atoms with Crippen LogP contribution in [0, 0.1) is 0 Å². The van der Waals surface area contributed by atoms with Crippen molar-refractivity contribution < 1.29 is 5.11 Å². The molecule has 6 heteroatoms. The predicted molar refractivity (Wildman–Crippen MR) is 74.6 cm³/mol. The number of benzene rings is 1. The molecule has 0 radical (unpaired) electrons. The third-order valence-electron chi connectivity index (χ3n) is 2.85. The molecule has 2 aromatic heterocycles. The molecule has 2 heterocycles. The van der Waals surface area contributed by atoms with E-state index in [-0.39, 0.29) is 5.75 Å². The standard InChI is InChI=1S/C14H13N5O/c20-14-5-4-12(16-8-14)7-15-11-2-1-3-13(6-11)19-9-17-18-10-19/h1-6,8-10,15,20H,7H2. The van der Waals surface area contributed by atoms with Crippen LogP contribution in [0.5, 0.6) is 5.75 Å². The van der Waals surface area contributed by atoms with Crippen molar-refractivity contribution in [1.82, 2.24) is 19.7 Å². The van der Waals surface area contributed by atoms with Gasteiger partial charge in [-0.2, -0.15) is 0 Å². The lowest BCUT2D eigenvalue weighted by atomic mass is 10.2. The fourth-order valence-electron chi connectivity index (χ4n) is 1.82. The third-order valence-corrected chi connectivity index (χ3v) is 2.85. The molecule has 20 heavy (non-hydrogen) atoms. The molecule has 0 saturated heterocycles. The highest BCUT2D eigenvalue weighted by atomic mass is 16.3. The Labute approximate surface area is 115 Å². The van der Waals surface area contributed by atoms with Crippen LogP contribution in [0.1, 0.15) is 5.69 Å². The lowest BCUT2D eigenvalue weighted by Crippen LogP contribution is -2.02. The second-order valence-corrected chi connectivity index (χ2v) is 4.28. The molecule has 0 atom stereocenters. The van der Waals surface area contributed by atoms with Gasteiger partial charge in [-0.1, -0.05) is 6.07 Å². The first kappa shape index (κ1) is 12.2. The molecule has 0 unspecified atom stereocenters. The molecule has 1 aromatic carbocycles. The van der Waals surface area contributed by atoms with E-state index in [2.05, 4.69) is 20.5 Å². The van der Waals surface area contributed by atoms with Crippen LogP contribution in [-0.4, -0.2) is 24.9 Å². The maximum atomic E-state index is 9.19. The Balaban J connectivity index is 1.72. The molecule has 0 aliphatic rings. The zero-order valence-corrected chi connectivity index (χ0v) is 10.6. The van der Waals surface area contributed by atoms with Crippen LogP contribution >= 0.6 is 0 Å². The number of pyridine rings is 1. The number of anilines is 1. The van der Waals surface area contributed by atoms with Gasteiger partial charge in [0.15, 0.2) is 0 Å². The lowest BCUT2D eigenvalue weighted by molar-refractivity contribution is 0.472. The van der Waals surface area contributed by atoms with Crippen LogP contribution in [-0.2, 0) is 6.54 Å². The number of nitrogens with zero attached hydrogens (tertiary/aromatic N) is 4. The Morgan fingerprint density at radius 2 is 1.95 bits per heavy atom. The molecule has 3 aromatic rings. The van der Waals surface area contributed by atoms with Crippen LogP contribution < -0.4 is 5.32 Å². The van der Waals surface area contributed by atoms with Crippen molar-refractivity contribution in [2.24, 2.45) is 0 Å². The minimum Gasteiger partial charge on any atom is -0.506 e. The molecule has 0 bridgehead atoms. The van der Waals surface area contributed by atoms with E-state index in [1.807, 2.05) is 28.8 Å². The van der Waals surface area contributed by atoms with E-state index in [1.165, 1.54) is 6.20 Å². The van der Waals surface area contributed by atoms with Gasteiger partial charge < -0.3 is 10.4 Å². The lowest BCUT2D eigenvalue weighted by Gasteiger charge is -2.08. The fourth-order valence-corrected chi connectivity index (χ4v) is 1.82. The van der Waals surface area contributed by atoms with Gasteiger partial charge in [0.1, 0.15) is 18.4 Å². The van der Waals surface area contributed by atoms with E-state index in [9.17, 15) is 5.11 Å². The van der Waals surface area contributed by atoms with E-state index in [4.69, 9.17) is 0 Å². The number of rotatable bonds is 4. The van der Waals surface area contributed by atoms with Crippen molar-refractivity contribution >= 4 is 5.69 Å². The van der Waals surface area contributed by atoms with E-state index in [0.29, 0.717) is 6.54 Å². The molecule has 0 aliphatic heterocycles.